The molecule has 1 aromatic carbocycles. The maximum absolute atomic E-state index is 9.67. The normalized spacial score (nSPS) is 41.7. The van der Waals surface area contributed by atoms with Crippen LogP contribution in [0, 0.1) is 17.3 Å². The van der Waals surface area contributed by atoms with Crippen LogP contribution in [0.25, 0.3) is 0 Å². The molecule has 4 atom stereocenters. The first-order chi connectivity index (χ1) is 9.28. The third-order valence-corrected chi connectivity index (χ3v) is 6.51. The summed E-state index contributed by atoms with van der Waals surface area (Å²) in [4.78, 5) is 0. The van der Waals surface area contributed by atoms with Crippen molar-refractivity contribution >= 4 is 0 Å². The Kier molecular flexibility index (Phi) is 1.81. The molecule has 0 heterocycles. The summed E-state index contributed by atoms with van der Waals surface area (Å²) < 4.78 is 0. The van der Waals surface area contributed by atoms with Crippen molar-refractivity contribution < 1.29 is 5.11 Å². The van der Waals surface area contributed by atoms with E-state index in [2.05, 4.69) is 12.1 Å². The summed E-state index contributed by atoms with van der Waals surface area (Å²) in [5, 5.41) is 9.67. The molecule has 0 bridgehead atoms. The molecule has 98 valence electrons. The molecule has 0 radical (unpaired) electrons. The summed E-state index contributed by atoms with van der Waals surface area (Å²) in [6, 6.07) is 6.10. The van der Waals surface area contributed by atoms with Crippen LogP contribution in [0.4, 0.5) is 0 Å². The average Bonchev–Trinajstić information content (AvgIpc) is 3.00. The SMILES string of the molecule is Oc1ccc2c(c1)CC[C@@H]1[C@@H]2CC[C@]23C=C2CC[C@@H]13. The largest absolute Gasteiger partial charge is 0.508 e. The first-order valence-electron chi connectivity index (χ1n) is 7.82. The average molecular weight is 252 g/mol. The second kappa shape index (κ2) is 3.26. The van der Waals surface area contributed by atoms with Crippen molar-refractivity contribution in [2.24, 2.45) is 17.3 Å². The van der Waals surface area contributed by atoms with E-state index in [9.17, 15) is 5.11 Å². The zero-order valence-corrected chi connectivity index (χ0v) is 11.2. The fourth-order valence-corrected chi connectivity index (χ4v) is 5.68. The van der Waals surface area contributed by atoms with E-state index in [0.717, 1.165) is 17.8 Å². The van der Waals surface area contributed by atoms with Crippen LogP contribution in [0.1, 0.15) is 49.1 Å². The van der Waals surface area contributed by atoms with E-state index in [4.69, 9.17) is 0 Å². The van der Waals surface area contributed by atoms with Crippen LogP contribution in [0.3, 0.4) is 0 Å². The van der Waals surface area contributed by atoms with Gasteiger partial charge in [-0.05, 0) is 79.5 Å². The Morgan fingerprint density at radius 3 is 2.95 bits per heavy atom. The predicted octanol–water partition coefficient (Wildman–Crippen LogP) is 4.17. The number of phenolic OH excluding ortho intramolecular Hbond substituents is 1. The summed E-state index contributed by atoms with van der Waals surface area (Å²) in [5.41, 5.74) is 5.37. The van der Waals surface area contributed by atoms with E-state index < -0.39 is 0 Å². The van der Waals surface area contributed by atoms with Crippen LogP contribution in [0.5, 0.6) is 5.75 Å². The number of benzene rings is 1. The molecular formula is C18H20O. The van der Waals surface area contributed by atoms with Crippen LogP contribution >= 0.6 is 0 Å². The molecule has 1 N–H and O–H groups in total. The summed E-state index contributed by atoms with van der Waals surface area (Å²) in [7, 11) is 0. The van der Waals surface area contributed by atoms with E-state index in [1.165, 1.54) is 44.1 Å². The molecule has 0 amide bonds. The minimum Gasteiger partial charge on any atom is -0.508 e. The van der Waals surface area contributed by atoms with Crippen molar-refractivity contribution in [2.75, 3.05) is 0 Å². The minimum absolute atomic E-state index is 0.441. The van der Waals surface area contributed by atoms with Gasteiger partial charge in [0, 0.05) is 5.41 Å². The highest BCUT2D eigenvalue weighted by Gasteiger charge is 2.60. The second-order valence-corrected chi connectivity index (χ2v) is 7.09. The number of hydrogen-bond donors (Lipinski definition) is 1. The monoisotopic (exact) mass is 252 g/mol. The standard InChI is InChI=1S/C18H20O/c19-13-3-5-14-11(9-13)1-4-16-15(14)7-8-18-10-12(18)2-6-17(16)18/h3,5,9-10,15-17,19H,1-2,4,6-8H2/t15-,16-,17+,18+/m1/s1. The molecule has 1 heteroatoms. The number of phenols is 1. The maximum atomic E-state index is 9.67. The molecule has 1 nitrogen and oxygen atoms in total. The number of hydrogen-bond acceptors (Lipinski definition) is 1. The molecule has 0 unspecified atom stereocenters. The Morgan fingerprint density at radius 2 is 2.05 bits per heavy atom. The zero-order chi connectivity index (χ0) is 12.6. The van der Waals surface area contributed by atoms with Gasteiger partial charge in [0.2, 0.25) is 0 Å². The lowest BCUT2D eigenvalue weighted by Gasteiger charge is -2.46. The van der Waals surface area contributed by atoms with Gasteiger partial charge in [-0.1, -0.05) is 17.7 Å². The highest BCUT2D eigenvalue weighted by atomic mass is 16.3. The lowest BCUT2D eigenvalue weighted by Crippen LogP contribution is -2.36. The Labute approximate surface area is 114 Å². The third-order valence-electron chi connectivity index (χ3n) is 6.51. The molecule has 4 aliphatic carbocycles. The van der Waals surface area contributed by atoms with Crippen molar-refractivity contribution in [3.8, 4) is 5.75 Å². The first kappa shape index (κ1) is 10.5. The van der Waals surface area contributed by atoms with Gasteiger partial charge < -0.3 is 5.11 Å². The molecule has 0 saturated heterocycles. The van der Waals surface area contributed by atoms with Crippen LogP contribution in [-0.2, 0) is 6.42 Å². The van der Waals surface area contributed by atoms with Gasteiger partial charge in [-0.2, -0.15) is 0 Å². The van der Waals surface area contributed by atoms with Gasteiger partial charge in [-0.25, -0.2) is 0 Å². The minimum atomic E-state index is 0.441. The molecule has 4 aliphatic rings. The number of allylic oxidation sites excluding steroid dienone is 2. The fourth-order valence-electron chi connectivity index (χ4n) is 5.68. The highest BCUT2D eigenvalue weighted by molar-refractivity contribution is 5.47. The van der Waals surface area contributed by atoms with Crippen molar-refractivity contribution in [2.45, 2.75) is 44.4 Å². The van der Waals surface area contributed by atoms with Crippen molar-refractivity contribution in [3.63, 3.8) is 0 Å². The van der Waals surface area contributed by atoms with Crippen LogP contribution in [-0.4, -0.2) is 5.11 Å². The molecule has 1 spiro atoms. The first-order valence-corrected chi connectivity index (χ1v) is 7.82. The van der Waals surface area contributed by atoms with Gasteiger partial charge in [0.05, 0.1) is 0 Å². The van der Waals surface area contributed by atoms with Crippen molar-refractivity contribution in [1.82, 2.24) is 0 Å². The number of rotatable bonds is 0. The maximum Gasteiger partial charge on any atom is 0.115 e. The Balaban J connectivity index is 1.56. The highest BCUT2D eigenvalue weighted by Crippen LogP contribution is 2.70. The van der Waals surface area contributed by atoms with Crippen LogP contribution < -0.4 is 0 Å². The van der Waals surface area contributed by atoms with E-state index in [0.29, 0.717) is 11.2 Å². The molecule has 0 aliphatic heterocycles. The van der Waals surface area contributed by atoms with E-state index in [1.54, 1.807) is 11.1 Å². The van der Waals surface area contributed by atoms with Gasteiger partial charge in [0.25, 0.3) is 0 Å². The Bertz CT molecular complexity index is 600. The van der Waals surface area contributed by atoms with Gasteiger partial charge in [-0.15, -0.1) is 0 Å². The molecule has 1 aromatic rings. The smallest absolute Gasteiger partial charge is 0.115 e. The van der Waals surface area contributed by atoms with Gasteiger partial charge >= 0.3 is 0 Å². The van der Waals surface area contributed by atoms with E-state index in [-0.39, 0.29) is 0 Å². The summed E-state index contributed by atoms with van der Waals surface area (Å²) >= 11 is 0. The van der Waals surface area contributed by atoms with Crippen molar-refractivity contribution in [1.29, 1.82) is 0 Å². The molecule has 2 saturated carbocycles. The summed E-state index contributed by atoms with van der Waals surface area (Å²) in [5.74, 6) is 3.06. The quantitative estimate of drug-likeness (QED) is 0.687. The summed E-state index contributed by atoms with van der Waals surface area (Å²) in [6.45, 7) is 0. The molecule has 0 aromatic heterocycles. The third kappa shape index (κ3) is 1.22. The number of aromatic hydroxyl groups is 1. The van der Waals surface area contributed by atoms with Crippen LogP contribution in [0.15, 0.2) is 29.8 Å². The predicted molar refractivity (Wildman–Crippen MR) is 75.1 cm³/mol. The van der Waals surface area contributed by atoms with Crippen molar-refractivity contribution in [3.05, 3.63) is 41.0 Å². The zero-order valence-electron chi connectivity index (χ0n) is 11.2. The molecule has 5 rings (SSSR count). The lowest BCUT2D eigenvalue weighted by molar-refractivity contribution is 0.121. The second-order valence-electron chi connectivity index (χ2n) is 7.09. The molecule has 19 heavy (non-hydrogen) atoms. The number of fused-ring (bicyclic) bond motifs is 4. The van der Waals surface area contributed by atoms with Crippen LogP contribution in [0.2, 0.25) is 0 Å². The Hall–Kier alpha value is -1.24. The Morgan fingerprint density at radius 1 is 1.11 bits per heavy atom. The number of aryl methyl sites for hydroxylation is 1. The molecule has 2 fully saturated rings. The van der Waals surface area contributed by atoms with E-state index >= 15 is 0 Å². The van der Waals surface area contributed by atoms with Gasteiger partial charge in [0.15, 0.2) is 0 Å². The summed E-state index contributed by atoms with van der Waals surface area (Å²) in [6.07, 6.45) is 10.7. The van der Waals surface area contributed by atoms with Gasteiger partial charge in [-0.3, -0.25) is 0 Å². The van der Waals surface area contributed by atoms with E-state index in [1.807, 2.05) is 12.1 Å². The topological polar surface area (TPSA) is 20.2 Å². The molecular weight excluding hydrogens is 232 g/mol. The lowest BCUT2D eigenvalue weighted by atomic mass is 9.58. The van der Waals surface area contributed by atoms with Gasteiger partial charge in [0.1, 0.15) is 5.75 Å². The fraction of sp³-hybridized carbons (Fsp3) is 0.556.